The lowest BCUT2D eigenvalue weighted by atomic mass is 9.98. The summed E-state index contributed by atoms with van der Waals surface area (Å²) >= 11 is 0. The number of ketones is 1. The molecule has 0 radical (unpaired) electrons. The molecule has 60 heavy (non-hydrogen) atoms. The number of Topliss-reactive ketones (excluding diaryl/α,β-unsaturated/α-hetero) is 1. The third kappa shape index (κ3) is 17.4. The molecule has 0 saturated carbocycles. The van der Waals surface area contributed by atoms with Gasteiger partial charge in [-0.1, -0.05) is 41.0 Å². The summed E-state index contributed by atoms with van der Waals surface area (Å²) in [5.74, 6) is -15.1. The molecule has 1 fully saturated rings. The summed E-state index contributed by atoms with van der Waals surface area (Å²) in [5, 5.41) is 50.7. The Hall–Kier alpha value is -6.16. The Morgan fingerprint density at radius 3 is 1.60 bits per heavy atom. The number of carboxylic acids is 4. The van der Waals surface area contributed by atoms with Gasteiger partial charge in [-0.05, 0) is 43.4 Å². The number of carbonyl (C=O) groups is 12. The van der Waals surface area contributed by atoms with Crippen LogP contribution in [-0.2, 0) is 57.5 Å². The molecule has 0 spiro atoms. The lowest BCUT2D eigenvalue weighted by Crippen LogP contribution is -2.61. The molecule has 7 unspecified atom stereocenters. The summed E-state index contributed by atoms with van der Waals surface area (Å²) in [4.78, 5) is 152. The fraction of sp³-hybridized carbons (Fsp3) is 0.676. The van der Waals surface area contributed by atoms with Gasteiger partial charge in [0.15, 0.2) is 0 Å². The first kappa shape index (κ1) is 51.9. The summed E-state index contributed by atoms with van der Waals surface area (Å²) < 4.78 is 0. The van der Waals surface area contributed by atoms with Crippen LogP contribution in [0.5, 0.6) is 0 Å². The van der Waals surface area contributed by atoms with E-state index in [1.807, 2.05) is 5.32 Å². The maximum Gasteiger partial charge on any atom is 0.322 e. The molecule has 1 saturated heterocycles. The third-order valence-electron chi connectivity index (χ3n) is 9.37. The summed E-state index contributed by atoms with van der Waals surface area (Å²) in [7, 11) is 0. The van der Waals surface area contributed by atoms with Crippen LogP contribution in [0.4, 0.5) is 0 Å². The second-order valence-electron chi connectivity index (χ2n) is 15.1. The van der Waals surface area contributed by atoms with Crippen LogP contribution in [0.25, 0.3) is 0 Å². The van der Waals surface area contributed by atoms with Gasteiger partial charge in [0.2, 0.25) is 41.2 Å². The van der Waals surface area contributed by atoms with Gasteiger partial charge in [-0.3, -0.25) is 57.5 Å². The monoisotopic (exact) mass is 855 g/mol. The van der Waals surface area contributed by atoms with Crippen molar-refractivity contribution in [1.82, 2.24) is 36.8 Å². The summed E-state index contributed by atoms with van der Waals surface area (Å²) in [6.07, 6.45) is -2.38. The van der Waals surface area contributed by atoms with Gasteiger partial charge in [0.05, 0.1) is 6.04 Å². The number of aliphatic carboxylic acids is 4. The van der Waals surface area contributed by atoms with E-state index in [1.54, 1.807) is 20.8 Å². The minimum Gasteiger partial charge on any atom is -0.481 e. The van der Waals surface area contributed by atoms with Gasteiger partial charge in [0, 0.05) is 32.7 Å². The van der Waals surface area contributed by atoms with Crippen molar-refractivity contribution >= 4 is 71.0 Å². The number of amides is 7. The van der Waals surface area contributed by atoms with E-state index in [0.29, 0.717) is 6.42 Å². The number of nitrogens with zero attached hydrogens (tertiary/aromatic N) is 1. The van der Waals surface area contributed by atoms with E-state index < -0.39 is 157 Å². The van der Waals surface area contributed by atoms with Crippen LogP contribution < -0.4 is 31.9 Å². The van der Waals surface area contributed by atoms with E-state index in [-0.39, 0.29) is 25.8 Å². The predicted molar refractivity (Wildman–Crippen MR) is 205 cm³/mol. The average molecular weight is 856 g/mol. The molecule has 0 aromatic carbocycles. The molecular formula is C37H57N7O16. The van der Waals surface area contributed by atoms with Gasteiger partial charge in [0.1, 0.15) is 36.8 Å². The lowest BCUT2D eigenvalue weighted by Gasteiger charge is -2.33. The summed E-state index contributed by atoms with van der Waals surface area (Å²) in [6, 6.07) is -8.60. The molecule has 7 amide bonds. The molecule has 0 aromatic heterocycles. The Bertz CT molecular complexity index is 1650. The molecule has 7 atom stereocenters. The molecule has 0 aromatic rings. The maximum absolute atomic E-state index is 14.2. The Balaban J connectivity index is 3.41. The fourth-order valence-electron chi connectivity index (χ4n) is 6.35. The fourth-order valence-corrected chi connectivity index (χ4v) is 6.35. The van der Waals surface area contributed by atoms with Crippen molar-refractivity contribution in [1.29, 1.82) is 0 Å². The number of hydrogen-bond donors (Lipinski definition) is 10. The van der Waals surface area contributed by atoms with E-state index >= 15 is 0 Å². The van der Waals surface area contributed by atoms with Crippen molar-refractivity contribution in [2.75, 3.05) is 13.1 Å². The Labute approximate surface area is 345 Å². The third-order valence-corrected chi connectivity index (χ3v) is 9.37. The topological polar surface area (TPSA) is 361 Å². The molecule has 1 aliphatic heterocycles. The first-order valence-electron chi connectivity index (χ1n) is 19.4. The highest BCUT2D eigenvalue weighted by atomic mass is 16.4. The SMILES string of the molecule is CCCC(NC(=O)C1CC(CC(=O)O)CN1C(=O)C(NC(=O)C(NC(=O)C(CCC(=O)O)NC(=O)C(CCC(=O)O)NC(C)=O)C(C)C)C(C)C)C(=O)C(=O)NCC(=O)O. The van der Waals surface area contributed by atoms with E-state index in [0.717, 1.165) is 11.8 Å². The summed E-state index contributed by atoms with van der Waals surface area (Å²) in [6.45, 7) is 7.80. The molecule has 0 aliphatic carbocycles. The molecule has 336 valence electrons. The van der Waals surface area contributed by atoms with Crippen LogP contribution in [-0.4, -0.2) is 146 Å². The van der Waals surface area contributed by atoms with Crippen LogP contribution in [0.2, 0.25) is 0 Å². The van der Waals surface area contributed by atoms with Crippen LogP contribution >= 0.6 is 0 Å². The smallest absolute Gasteiger partial charge is 0.322 e. The van der Waals surface area contributed by atoms with E-state index in [1.165, 1.54) is 13.8 Å². The van der Waals surface area contributed by atoms with Crippen molar-refractivity contribution in [2.24, 2.45) is 17.8 Å². The molecule has 10 N–H and O–H groups in total. The number of likely N-dealkylation sites (tertiary alicyclic amines) is 1. The maximum atomic E-state index is 14.2. The van der Waals surface area contributed by atoms with E-state index in [9.17, 15) is 67.7 Å². The highest BCUT2D eigenvalue weighted by molar-refractivity contribution is 6.38. The molecule has 1 aliphatic rings. The predicted octanol–water partition coefficient (Wildman–Crippen LogP) is -2.27. The molecule has 1 heterocycles. The van der Waals surface area contributed by atoms with Crippen LogP contribution in [0.15, 0.2) is 0 Å². The normalized spacial score (nSPS) is 17.2. The molecule has 23 heteroatoms. The number of hydrogen-bond acceptors (Lipinski definition) is 12. The zero-order valence-corrected chi connectivity index (χ0v) is 34.4. The summed E-state index contributed by atoms with van der Waals surface area (Å²) in [5.41, 5.74) is 0. The Morgan fingerprint density at radius 2 is 1.13 bits per heavy atom. The Morgan fingerprint density at radius 1 is 0.617 bits per heavy atom. The van der Waals surface area contributed by atoms with Crippen molar-refractivity contribution in [3.05, 3.63) is 0 Å². The van der Waals surface area contributed by atoms with E-state index in [4.69, 9.17) is 10.2 Å². The van der Waals surface area contributed by atoms with Crippen LogP contribution in [0.1, 0.15) is 92.9 Å². The Kier molecular flexibility index (Phi) is 21.3. The van der Waals surface area contributed by atoms with Gasteiger partial charge in [-0.25, -0.2) is 0 Å². The molecule has 1 rings (SSSR count). The van der Waals surface area contributed by atoms with Crippen molar-refractivity contribution in [3.8, 4) is 0 Å². The minimum absolute atomic E-state index is 0.0429. The quantitative estimate of drug-likeness (QED) is 0.0410. The second kappa shape index (κ2) is 24.7. The first-order chi connectivity index (χ1) is 27.9. The minimum atomic E-state index is -1.59. The highest BCUT2D eigenvalue weighted by Crippen LogP contribution is 2.28. The van der Waals surface area contributed by atoms with Crippen molar-refractivity contribution in [3.63, 3.8) is 0 Å². The number of nitrogens with one attached hydrogen (secondary N) is 6. The molecular weight excluding hydrogens is 798 g/mol. The zero-order valence-electron chi connectivity index (χ0n) is 34.4. The largest absolute Gasteiger partial charge is 0.481 e. The van der Waals surface area contributed by atoms with Gasteiger partial charge >= 0.3 is 23.9 Å². The van der Waals surface area contributed by atoms with Gasteiger partial charge < -0.3 is 57.2 Å². The van der Waals surface area contributed by atoms with Crippen molar-refractivity contribution < 1.29 is 78.0 Å². The molecule has 23 nitrogen and oxygen atoms in total. The zero-order chi connectivity index (χ0) is 46.0. The van der Waals surface area contributed by atoms with Gasteiger partial charge in [-0.15, -0.1) is 0 Å². The first-order valence-corrected chi connectivity index (χ1v) is 19.4. The average Bonchev–Trinajstić information content (AvgIpc) is 3.56. The number of carbonyl (C=O) groups excluding carboxylic acids is 8. The standard InChI is InChI=1S/C37H57N7O16/c1-7-8-21(31(54)36(59)38-15-28(52)53)40-34(57)24-13-20(14-27(50)51)16-44(24)37(60)30(18(4)5)43-35(58)29(17(2)3)42-33(56)23(10-12-26(48)49)41-32(55)22(39-19(6)45)9-11-25(46)47/h17-18,20-24,29-30H,7-16H2,1-6H3,(H,38,59)(H,39,45)(H,40,57)(H,41,55)(H,42,56)(H,43,58)(H,46,47)(H,48,49)(H,50,51)(H,52,53). The van der Waals surface area contributed by atoms with Gasteiger partial charge in [0.25, 0.3) is 5.91 Å². The highest BCUT2D eigenvalue weighted by Gasteiger charge is 2.45. The number of rotatable bonds is 26. The van der Waals surface area contributed by atoms with Gasteiger partial charge in [-0.2, -0.15) is 0 Å². The molecule has 0 bridgehead atoms. The lowest BCUT2D eigenvalue weighted by molar-refractivity contribution is -0.145. The van der Waals surface area contributed by atoms with Crippen LogP contribution in [0, 0.1) is 17.8 Å². The van der Waals surface area contributed by atoms with Crippen molar-refractivity contribution in [2.45, 2.75) is 129 Å². The van der Waals surface area contributed by atoms with Crippen LogP contribution in [0.3, 0.4) is 0 Å². The van der Waals surface area contributed by atoms with E-state index in [2.05, 4.69) is 26.6 Å². The number of carboxylic acid groups (broad SMARTS) is 4. The second-order valence-corrected chi connectivity index (χ2v) is 15.1.